The van der Waals surface area contributed by atoms with Gasteiger partial charge in [0.1, 0.15) is 5.82 Å². The summed E-state index contributed by atoms with van der Waals surface area (Å²) in [4.78, 5) is 17.2. The van der Waals surface area contributed by atoms with Crippen LogP contribution in [0.25, 0.3) is 0 Å². The van der Waals surface area contributed by atoms with Gasteiger partial charge < -0.3 is 5.73 Å². The van der Waals surface area contributed by atoms with Gasteiger partial charge in [-0.3, -0.25) is 9.63 Å². The molecule has 4 nitrogen and oxygen atoms in total. The first-order valence-corrected chi connectivity index (χ1v) is 5.87. The second-order valence-electron chi connectivity index (χ2n) is 4.96. The number of nitrogen functional groups attached to an aromatic ring is 1. The second kappa shape index (κ2) is 4.40. The third-order valence-corrected chi connectivity index (χ3v) is 3.22. The molecule has 0 saturated carbocycles. The van der Waals surface area contributed by atoms with Gasteiger partial charge in [-0.15, -0.1) is 0 Å². The smallest absolute Gasteiger partial charge is 0.254 e. The highest BCUT2D eigenvalue weighted by molar-refractivity contribution is 6.31. The lowest BCUT2D eigenvalue weighted by atomic mass is 9.95. The maximum absolute atomic E-state index is 13.2. The van der Waals surface area contributed by atoms with Crippen LogP contribution in [-0.2, 0) is 16.2 Å². The van der Waals surface area contributed by atoms with Crippen LogP contribution in [0.4, 0.5) is 10.1 Å². The zero-order chi connectivity index (χ0) is 13.5. The van der Waals surface area contributed by atoms with Crippen LogP contribution in [-0.4, -0.2) is 17.6 Å². The molecule has 1 aromatic rings. The molecule has 0 spiro atoms. The van der Waals surface area contributed by atoms with E-state index in [1.807, 2.05) is 0 Å². The maximum atomic E-state index is 13.2. The largest absolute Gasteiger partial charge is 0.396 e. The Morgan fingerprint density at radius 2 is 2.22 bits per heavy atom. The van der Waals surface area contributed by atoms with E-state index in [-0.39, 0.29) is 23.2 Å². The van der Waals surface area contributed by atoms with E-state index in [9.17, 15) is 9.18 Å². The number of amides is 1. The molecule has 1 fully saturated rings. The normalized spacial score (nSPS) is 18.4. The molecule has 18 heavy (non-hydrogen) atoms. The number of carbonyl (C=O) groups excluding carboxylic acids is 1. The van der Waals surface area contributed by atoms with E-state index < -0.39 is 11.2 Å². The Labute approximate surface area is 109 Å². The van der Waals surface area contributed by atoms with Crippen molar-refractivity contribution in [2.45, 2.75) is 20.4 Å². The van der Waals surface area contributed by atoms with Crippen molar-refractivity contribution in [3.05, 3.63) is 28.5 Å². The van der Waals surface area contributed by atoms with Crippen molar-refractivity contribution in [2.75, 3.05) is 12.3 Å². The standard InChI is InChI=1S/C12H14ClFN2O2/c1-12(2)6-18-16(11(12)17)5-7-3-10(15)9(14)4-8(7)13/h3-4H,5-6,15H2,1-2H3. The van der Waals surface area contributed by atoms with Gasteiger partial charge in [0.2, 0.25) is 0 Å². The highest BCUT2D eigenvalue weighted by atomic mass is 35.5. The molecule has 2 N–H and O–H groups in total. The van der Waals surface area contributed by atoms with E-state index >= 15 is 0 Å². The van der Waals surface area contributed by atoms with Crippen LogP contribution >= 0.6 is 11.6 Å². The van der Waals surface area contributed by atoms with Crippen molar-refractivity contribution in [1.82, 2.24) is 5.06 Å². The molecule has 0 atom stereocenters. The molecule has 1 heterocycles. The third kappa shape index (κ3) is 2.28. The molecule has 0 aliphatic carbocycles. The molecule has 98 valence electrons. The van der Waals surface area contributed by atoms with Gasteiger partial charge in [0, 0.05) is 5.02 Å². The highest BCUT2D eigenvalue weighted by Gasteiger charge is 2.40. The van der Waals surface area contributed by atoms with Gasteiger partial charge in [0.05, 0.1) is 24.3 Å². The fourth-order valence-electron chi connectivity index (χ4n) is 1.70. The minimum Gasteiger partial charge on any atom is -0.396 e. The second-order valence-corrected chi connectivity index (χ2v) is 5.37. The quantitative estimate of drug-likeness (QED) is 0.841. The van der Waals surface area contributed by atoms with Crippen molar-refractivity contribution in [2.24, 2.45) is 5.41 Å². The average molecular weight is 273 g/mol. The number of hydrogen-bond donors (Lipinski definition) is 1. The summed E-state index contributed by atoms with van der Waals surface area (Å²) in [5.74, 6) is -0.695. The molecule has 1 saturated heterocycles. The first-order valence-electron chi connectivity index (χ1n) is 5.49. The fraction of sp³-hybridized carbons (Fsp3) is 0.417. The predicted octanol–water partition coefficient (Wildman–Crippen LogP) is 2.36. The molecule has 6 heteroatoms. The number of nitrogens with zero attached hydrogens (tertiary/aromatic N) is 1. The van der Waals surface area contributed by atoms with Gasteiger partial charge in [-0.1, -0.05) is 11.6 Å². The molecule has 1 aromatic carbocycles. The topological polar surface area (TPSA) is 55.6 Å². The van der Waals surface area contributed by atoms with Crippen LogP contribution in [0.5, 0.6) is 0 Å². The van der Waals surface area contributed by atoms with Crippen molar-refractivity contribution < 1.29 is 14.0 Å². The summed E-state index contributed by atoms with van der Waals surface area (Å²) in [6.07, 6.45) is 0. The third-order valence-electron chi connectivity index (χ3n) is 2.87. The summed E-state index contributed by atoms with van der Waals surface area (Å²) < 4.78 is 13.2. The molecule has 1 aliphatic heterocycles. The number of rotatable bonds is 2. The summed E-state index contributed by atoms with van der Waals surface area (Å²) in [5.41, 5.74) is 5.49. The number of anilines is 1. The van der Waals surface area contributed by atoms with Crippen LogP contribution in [0, 0.1) is 11.2 Å². The van der Waals surface area contributed by atoms with Crippen molar-refractivity contribution in [3.63, 3.8) is 0 Å². The monoisotopic (exact) mass is 272 g/mol. The summed E-state index contributed by atoms with van der Waals surface area (Å²) in [7, 11) is 0. The van der Waals surface area contributed by atoms with Gasteiger partial charge in [-0.2, -0.15) is 0 Å². The Kier molecular flexibility index (Phi) is 3.21. The highest BCUT2D eigenvalue weighted by Crippen LogP contribution is 2.30. The molecule has 0 radical (unpaired) electrons. The van der Waals surface area contributed by atoms with Crippen molar-refractivity contribution in [1.29, 1.82) is 0 Å². The number of benzene rings is 1. The van der Waals surface area contributed by atoms with E-state index in [2.05, 4.69) is 0 Å². The molecule has 0 bridgehead atoms. The van der Waals surface area contributed by atoms with Crippen LogP contribution in [0.1, 0.15) is 19.4 Å². The van der Waals surface area contributed by atoms with Crippen molar-refractivity contribution in [3.8, 4) is 0 Å². The molecular weight excluding hydrogens is 259 g/mol. The summed E-state index contributed by atoms with van der Waals surface area (Å²) >= 11 is 5.91. The van der Waals surface area contributed by atoms with Crippen LogP contribution in [0.15, 0.2) is 12.1 Å². The number of hydrogen-bond acceptors (Lipinski definition) is 3. The van der Waals surface area contributed by atoms with Crippen LogP contribution in [0.3, 0.4) is 0 Å². The van der Waals surface area contributed by atoms with Crippen LogP contribution < -0.4 is 5.73 Å². The minimum absolute atomic E-state index is 0.000283. The first-order chi connectivity index (χ1) is 8.31. The Morgan fingerprint density at radius 3 is 2.78 bits per heavy atom. The maximum Gasteiger partial charge on any atom is 0.254 e. The van der Waals surface area contributed by atoms with E-state index in [1.165, 1.54) is 11.1 Å². The molecule has 1 aliphatic rings. The van der Waals surface area contributed by atoms with E-state index in [0.717, 1.165) is 6.07 Å². The van der Waals surface area contributed by atoms with Gasteiger partial charge in [0.25, 0.3) is 5.91 Å². The lowest BCUT2D eigenvalue weighted by Crippen LogP contribution is -2.30. The van der Waals surface area contributed by atoms with E-state index in [0.29, 0.717) is 12.2 Å². The Morgan fingerprint density at radius 1 is 1.56 bits per heavy atom. The molecule has 0 aromatic heterocycles. The van der Waals surface area contributed by atoms with E-state index in [1.54, 1.807) is 13.8 Å². The summed E-state index contributed by atoms with van der Waals surface area (Å²) in [6, 6.07) is 2.55. The predicted molar refractivity (Wildman–Crippen MR) is 66.1 cm³/mol. The van der Waals surface area contributed by atoms with Gasteiger partial charge in [-0.25, -0.2) is 9.45 Å². The molecule has 2 rings (SSSR count). The summed E-state index contributed by atoms with van der Waals surface area (Å²) in [6.45, 7) is 4.08. The van der Waals surface area contributed by atoms with Gasteiger partial charge >= 0.3 is 0 Å². The zero-order valence-corrected chi connectivity index (χ0v) is 10.9. The summed E-state index contributed by atoms with van der Waals surface area (Å²) in [5, 5.41) is 1.46. The molecular formula is C12H14ClFN2O2. The zero-order valence-electron chi connectivity index (χ0n) is 10.2. The Hall–Kier alpha value is -1.33. The van der Waals surface area contributed by atoms with E-state index in [4.69, 9.17) is 22.2 Å². The average Bonchev–Trinajstić information content (AvgIpc) is 2.53. The number of hydroxylamine groups is 2. The Bertz CT molecular complexity index is 505. The lowest BCUT2D eigenvalue weighted by Gasteiger charge is -2.17. The van der Waals surface area contributed by atoms with Gasteiger partial charge in [0.15, 0.2) is 0 Å². The lowest BCUT2D eigenvalue weighted by molar-refractivity contribution is -0.165. The minimum atomic E-state index is -0.572. The Balaban J connectivity index is 2.21. The SMILES string of the molecule is CC1(C)CON(Cc2cc(N)c(F)cc2Cl)C1=O. The van der Waals surface area contributed by atoms with Gasteiger partial charge in [-0.05, 0) is 31.5 Å². The van der Waals surface area contributed by atoms with Crippen LogP contribution in [0.2, 0.25) is 5.02 Å². The number of nitrogens with two attached hydrogens (primary N) is 1. The fourth-order valence-corrected chi connectivity index (χ4v) is 1.91. The number of carbonyl (C=O) groups is 1. The molecule has 0 unspecified atom stereocenters. The van der Waals surface area contributed by atoms with Crippen molar-refractivity contribution >= 4 is 23.2 Å². The molecule has 1 amide bonds. The number of halogens is 2. The first kappa shape index (κ1) is 13.1.